The number of carbonyl (C=O) groups excluding carboxylic acids is 1. The highest BCUT2D eigenvalue weighted by atomic mass is 16.4. The van der Waals surface area contributed by atoms with Crippen LogP contribution < -0.4 is 10.6 Å². The summed E-state index contributed by atoms with van der Waals surface area (Å²) in [6.07, 6.45) is 0. The van der Waals surface area contributed by atoms with Crippen molar-refractivity contribution in [2.75, 3.05) is 10.6 Å². The number of aliphatic hydroxyl groups is 1. The van der Waals surface area contributed by atoms with Gasteiger partial charge in [0, 0.05) is 0 Å². The Hall–Kier alpha value is -2.08. The molecule has 0 aromatic heterocycles. The smallest absolute Gasteiger partial charge is 0.367 e. The Balaban J connectivity index is 2.46. The minimum atomic E-state index is -2.60. The highest BCUT2D eigenvalue weighted by Crippen LogP contribution is 2.29. The van der Waals surface area contributed by atoms with Crippen LogP contribution in [0.2, 0.25) is 0 Å². The number of hydrogen-bond acceptors (Lipinski definition) is 4. The molecule has 6 heteroatoms. The van der Waals surface area contributed by atoms with Gasteiger partial charge in [-0.15, -0.1) is 0 Å². The number of aliphatic carboxylic acids is 1. The van der Waals surface area contributed by atoms with Gasteiger partial charge in [-0.1, -0.05) is 12.1 Å². The molecular weight excluding hydrogens is 200 g/mol. The SMILES string of the molecule is O=C(O)C1(O)Nc2ccccc2NC1=O. The normalized spacial score (nSPS) is 23.7. The summed E-state index contributed by atoms with van der Waals surface area (Å²) >= 11 is 0. The first-order valence-electron chi connectivity index (χ1n) is 4.18. The third-order valence-corrected chi connectivity index (χ3v) is 2.13. The Bertz CT molecular complexity index is 445. The molecule has 0 saturated heterocycles. The third kappa shape index (κ3) is 1.31. The number of carbonyl (C=O) groups is 2. The van der Waals surface area contributed by atoms with Crippen LogP contribution >= 0.6 is 0 Å². The Morgan fingerprint density at radius 3 is 2.47 bits per heavy atom. The number of hydrogen-bond donors (Lipinski definition) is 4. The van der Waals surface area contributed by atoms with E-state index in [4.69, 9.17) is 5.11 Å². The minimum Gasteiger partial charge on any atom is -0.477 e. The number of amides is 1. The number of carboxylic acids is 1. The first-order valence-corrected chi connectivity index (χ1v) is 4.18. The second kappa shape index (κ2) is 2.96. The number of nitrogens with one attached hydrogen (secondary N) is 2. The number of para-hydroxylation sites is 2. The zero-order valence-corrected chi connectivity index (χ0v) is 7.52. The quantitative estimate of drug-likeness (QED) is 0.480. The van der Waals surface area contributed by atoms with E-state index in [1.807, 2.05) is 0 Å². The lowest BCUT2D eigenvalue weighted by atomic mass is 10.1. The molecule has 2 rings (SSSR count). The predicted molar refractivity (Wildman–Crippen MR) is 51.3 cm³/mol. The van der Waals surface area contributed by atoms with Gasteiger partial charge in [-0.25, -0.2) is 4.79 Å². The molecule has 1 atom stereocenters. The highest BCUT2D eigenvalue weighted by molar-refractivity contribution is 6.16. The molecule has 1 amide bonds. The summed E-state index contributed by atoms with van der Waals surface area (Å²) in [7, 11) is 0. The van der Waals surface area contributed by atoms with Crippen LogP contribution in [0, 0.1) is 0 Å². The molecule has 1 aliphatic heterocycles. The lowest BCUT2D eigenvalue weighted by Gasteiger charge is -2.30. The monoisotopic (exact) mass is 208 g/mol. The predicted octanol–water partition coefficient (Wildman–Crippen LogP) is -0.176. The molecule has 0 radical (unpaired) electrons. The molecule has 0 spiro atoms. The third-order valence-electron chi connectivity index (χ3n) is 2.13. The van der Waals surface area contributed by atoms with Crippen molar-refractivity contribution in [2.45, 2.75) is 5.72 Å². The lowest BCUT2D eigenvalue weighted by molar-refractivity contribution is -0.161. The fourth-order valence-corrected chi connectivity index (χ4v) is 1.32. The Morgan fingerprint density at radius 2 is 1.87 bits per heavy atom. The van der Waals surface area contributed by atoms with Gasteiger partial charge in [0.05, 0.1) is 11.4 Å². The van der Waals surface area contributed by atoms with Crippen LogP contribution in [0.4, 0.5) is 11.4 Å². The summed E-state index contributed by atoms with van der Waals surface area (Å²) in [5.74, 6) is -2.65. The van der Waals surface area contributed by atoms with E-state index >= 15 is 0 Å². The maximum atomic E-state index is 11.3. The first kappa shape index (κ1) is 9.47. The van der Waals surface area contributed by atoms with E-state index < -0.39 is 17.6 Å². The zero-order chi connectivity index (χ0) is 11.1. The van der Waals surface area contributed by atoms with Crippen LogP contribution in [0.25, 0.3) is 0 Å². The second-order valence-electron chi connectivity index (χ2n) is 3.14. The second-order valence-corrected chi connectivity index (χ2v) is 3.14. The van der Waals surface area contributed by atoms with Gasteiger partial charge in [-0.05, 0) is 12.1 Å². The summed E-state index contributed by atoms with van der Waals surface area (Å²) in [6.45, 7) is 0. The van der Waals surface area contributed by atoms with Crippen LogP contribution in [0.3, 0.4) is 0 Å². The maximum absolute atomic E-state index is 11.3. The molecule has 0 fully saturated rings. The molecule has 0 bridgehead atoms. The van der Waals surface area contributed by atoms with Gasteiger partial charge in [0.15, 0.2) is 0 Å². The molecule has 1 aliphatic rings. The minimum absolute atomic E-state index is 0.363. The molecule has 1 aromatic carbocycles. The fourth-order valence-electron chi connectivity index (χ4n) is 1.32. The van der Waals surface area contributed by atoms with Crippen molar-refractivity contribution >= 4 is 23.3 Å². The largest absolute Gasteiger partial charge is 0.477 e. The summed E-state index contributed by atoms with van der Waals surface area (Å²) in [5.41, 5.74) is -1.80. The molecule has 6 nitrogen and oxygen atoms in total. The van der Waals surface area contributed by atoms with E-state index in [9.17, 15) is 14.7 Å². The van der Waals surface area contributed by atoms with Crippen molar-refractivity contribution in [3.63, 3.8) is 0 Å². The number of benzene rings is 1. The average molecular weight is 208 g/mol. The summed E-state index contributed by atoms with van der Waals surface area (Å²) < 4.78 is 0. The standard InChI is InChI=1S/C9H8N2O4/c12-7-9(15,8(13)14)11-6-4-2-1-3-5(6)10-7/h1-4,11,15H,(H,10,12)(H,13,14). The van der Waals surface area contributed by atoms with E-state index in [1.54, 1.807) is 24.3 Å². The Kier molecular flexibility index (Phi) is 1.87. The van der Waals surface area contributed by atoms with Gasteiger partial charge in [0.25, 0.3) is 5.91 Å². The number of rotatable bonds is 1. The first-order chi connectivity index (χ1) is 7.04. The van der Waals surface area contributed by atoms with Crippen LogP contribution in [-0.4, -0.2) is 27.8 Å². The molecule has 4 N–H and O–H groups in total. The van der Waals surface area contributed by atoms with Gasteiger partial charge < -0.3 is 20.8 Å². The Labute approximate surface area is 84.5 Å². The molecule has 78 valence electrons. The average Bonchev–Trinajstić information content (AvgIpc) is 2.19. The molecule has 0 saturated carbocycles. The van der Waals surface area contributed by atoms with Gasteiger partial charge >= 0.3 is 11.7 Å². The van der Waals surface area contributed by atoms with Crippen molar-refractivity contribution in [2.24, 2.45) is 0 Å². The number of fused-ring (bicyclic) bond motifs is 1. The van der Waals surface area contributed by atoms with E-state index in [0.717, 1.165) is 0 Å². The molecule has 15 heavy (non-hydrogen) atoms. The van der Waals surface area contributed by atoms with Gasteiger partial charge in [-0.3, -0.25) is 4.79 Å². The summed E-state index contributed by atoms with van der Waals surface area (Å²) in [5, 5.41) is 22.8. The van der Waals surface area contributed by atoms with Gasteiger partial charge in [-0.2, -0.15) is 0 Å². The van der Waals surface area contributed by atoms with Crippen LogP contribution in [0.1, 0.15) is 0 Å². The fraction of sp³-hybridized carbons (Fsp3) is 0.111. The zero-order valence-electron chi connectivity index (χ0n) is 7.52. The summed E-state index contributed by atoms with van der Waals surface area (Å²) in [6, 6.07) is 6.50. The van der Waals surface area contributed by atoms with Gasteiger partial charge in [0.2, 0.25) is 0 Å². The van der Waals surface area contributed by atoms with Crippen LogP contribution in [0.5, 0.6) is 0 Å². The lowest BCUT2D eigenvalue weighted by Crippen LogP contribution is -2.58. The summed E-state index contributed by atoms with van der Waals surface area (Å²) in [4.78, 5) is 22.0. The van der Waals surface area contributed by atoms with Gasteiger partial charge in [0.1, 0.15) is 0 Å². The Morgan fingerprint density at radius 1 is 1.27 bits per heavy atom. The molecular formula is C9H8N2O4. The van der Waals surface area contributed by atoms with Crippen molar-refractivity contribution in [1.82, 2.24) is 0 Å². The van der Waals surface area contributed by atoms with Crippen LogP contribution in [0.15, 0.2) is 24.3 Å². The number of carboxylic acid groups (broad SMARTS) is 1. The van der Waals surface area contributed by atoms with E-state index in [2.05, 4.69) is 10.6 Å². The van der Waals surface area contributed by atoms with Crippen LogP contribution in [-0.2, 0) is 9.59 Å². The highest BCUT2D eigenvalue weighted by Gasteiger charge is 2.47. The molecule has 1 aromatic rings. The molecule has 1 heterocycles. The van der Waals surface area contributed by atoms with Crippen molar-refractivity contribution in [3.8, 4) is 0 Å². The topological polar surface area (TPSA) is 98.7 Å². The molecule has 0 aliphatic carbocycles. The number of anilines is 2. The van der Waals surface area contributed by atoms with E-state index in [-0.39, 0.29) is 0 Å². The van der Waals surface area contributed by atoms with Crippen molar-refractivity contribution in [3.05, 3.63) is 24.3 Å². The maximum Gasteiger partial charge on any atom is 0.367 e. The van der Waals surface area contributed by atoms with E-state index in [0.29, 0.717) is 11.4 Å². The van der Waals surface area contributed by atoms with Crippen molar-refractivity contribution < 1.29 is 19.8 Å². The van der Waals surface area contributed by atoms with E-state index in [1.165, 1.54) is 0 Å². The van der Waals surface area contributed by atoms with Crippen molar-refractivity contribution in [1.29, 1.82) is 0 Å². The molecule has 1 unspecified atom stereocenters.